The SMILES string of the molecule is CCSc1ccc(C(=O)N2CCCCC2C(=O)NC(C)(C)C)cn1. The average Bonchev–Trinajstić information content (AvgIpc) is 2.53. The maximum absolute atomic E-state index is 12.8. The molecule has 1 aromatic rings. The Labute approximate surface area is 148 Å². The second kappa shape index (κ2) is 8.01. The number of hydrogen-bond acceptors (Lipinski definition) is 4. The summed E-state index contributed by atoms with van der Waals surface area (Å²) in [7, 11) is 0. The molecule has 132 valence electrons. The standard InChI is InChI=1S/C18H27N3O2S/c1-5-24-15-10-9-13(12-19-15)17(23)21-11-7-6-8-14(21)16(22)20-18(2,3)4/h9-10,12,14H,5-8,11H2,1-4H3,(H,20,22). The van der Waals surface area contributed by atoms with Gasteiger partial charge in [-0.1, -0.05) is 6.92 Å². The molecule has 2 heterocycles. The van der Waals surface area contributed by atoms with Crippen molar-refractivity contribution < 1.29 is 9.59 Å². The van der Waals surface area contributed by atoms with E-state index in [2.05, 4.69) is 17.2 Å². The Balaban J connectivity index is 2.14. The normalized spacial score (nSPS) is 18.3. The molecule has 0 bridgehead atoms. The van der Waals surface area contributed by atoms with Gasteiger partial charge in [0.25, 0.3) is 5.91 Å². The smallest absolute Gasteiger partial charge is 0.256 e. The first-order valence-electron chi connectivity index (χ1n) is 8.53. The number of rotatable bonds is 4. The number of carbonyl (C=O) groups excluding carboxylic acids is 2. The molecule has 1 atom stereocenters. The zero-order valence-corrected chi connectivity index (χ0v) is 15.8. The van der Waals surface area contributed by atoms with Gasteiger partial charge >= 0.3 is 0 Å². The molecule has 2 amide bonds. The monoisotopic (exact) mass is 349 g/mol. The minimum Gasteiger partial charge on any atom is -0.350 e. The number of likely N-dealkylation sites (tertiary alicyclic amines) is 1. The van der Waals surface area contributed by atoms with Gasteiger partial charge in [-0.15, -0.1) is 11.8 Å². The second-order valence-corrected chi connectivity index (χ2v) is 8.35. The van der Waals surface area contributed by atoms with Crippen LogP contribution in [0.25, 0.3) is 0 Å². The summed E-state index contributed by atoms with van der Waals surface area (Å²) in [6.07, 6.45) is 4.23. The molecule has 5 nitrogen and oxygen atoms in total. The molecule has 1 N–H and O–H groups in total. The van der Waals surface area contributed by atoms with E-state index >= 15 is 0 Å². The fraction of sp³-hybridized carbons (Fsp3) is 0.611. The fourth-order valence-electron chi connectivity index (χ4n) is 2.81. The minimum absolute atomic E-state index is 0.0679. The van der Waals surface area contributed by atoms with Crippen LogP contribution in [0, 0.1) is 0 Å². The number of carbonyl (C=O) groups is 2. The molecule has 1 aliphatic heterocycles. The summed E-state index contributed by atoms with van der Waals surface area (Å²) in [5.41, 5.74) is 0.245. The van der Waals surface area contributed by atoms with Crippen LogP contribution in [-0.2, 0) is 4.79 Å². The lowest BCUT2D eigenvalue weighted by atomic mass is 9.99. The lowest BCUT2D eigenvalue weighted by Crippen LogP contribution is -2.55. The van der Waals surface area contributed by atoms with Crippen molar-refractivity contribution in [1.29, 1.82) is 0 Å². The first-order valence-corrected chi connectivity index (χ1v) is 9.52. The molecular formula is C18H27N3O2S. The Kier molecular flexibility index (Phi) is 6.27. The number of nitrogens with one attached hydrogen (secondary N) is 1. The number of amides is 2. The average molecular weight is 350 g/mol. The van der Waals surface area contributed by atoms with E-state index in [9.17, 15) is 9.59 Å². The number of nitrogens with zero attached hydrogens (tertiary/aromatic N) is 2. The molecule has 0 spiro atoms. The highest BCUT2D eigenvalue weighted by Crippen LogP contribution is 2.22. The summed E-state index contributed by atoms with van der Waals surface area (Å²) in [6, 6.07) is 3.28. The summed E-state index contributed by atoms with van der Waals surface area (Å²) >= 11 is 1.64. The quantitative estimate of drug-likeness (QED) is 0.849. The zero-order valence-electron chi connectivity index (χ0n) is 15.0. The predicted molar refractivity (Wildman–Crippen MR) is 97.2 cm³/mol. The van der Waals surface area contributed by atoms with Crippen LogP contribution in [0.5, 0.6) is 0 Å². The van der Waals surface area contributed by atoms with Crippen molar-refractivity contribution in [2.45, 2.75) is 63.6 Å². The van der Waals surface area contributed by atoms with Crippen molar-refractivity contribution >= 4 is 23.6 Å². The highest BCUT2D eigenvalue weighted by atomic mass is 32.2. The van der Waals surface area contributed by atoms with Crippen LogP contribution >= 0.6 is 11.8 Å². The van der Waals surface area contributed by atoms with Gasteiger partial charge in [0.15, 0.2) is 0 Å². The Morgan fingerprint density at radius 2 is 2.08 bits per heavy atom. The van der Waals surface area contributed by atoms with Crippen LogP contribution < -0.4 is 5.32 Å². The van der Waals surface area contributed by atoms with Gasteiger partial charge in [-0.25, -0.2) is 4.98 Å². The molecule has 1 aromatic heterocycles. The highest BCUT2D eigenvalue weighted by molar-refractivity contribution is 7.99. The van der Waals surface area contributed by atoms with Crippen LogP contribution in [0.15, 0.2) is 23.4 Å². The molecule has 6 heteroatoms. The molecule has 1 fully saturated rings. The third-order valence-corrected chi connectivity index (χ3v) is 4.67. The van der Waals surface area contributed by atoms with Crippen LogP contribution in [0.1, 0.15) is 57.3 Å². The lowest BCUT2D eigenvalue weighted by molar-refractivity contribution is -0.128. The van der Waals surface area contributed by atoms with E-state index in [0.29, 0.717) is 18.5 Å². The molecule has 1 saturated heterocycles. The molecule has 0 aliphatic carbocycles. The first-order chi connectivity index (χ1) is 11.3. The second-order valence-electron chi connectivity index (χ2n) is 7.07. The van der Waals surface area contributed by atoms with E-state index in [1.807, 2.05) is 26.8 Å². The Hall–Kier alpha value is -1.56. The van der Waals surface area contributed by atoms with Gasteiger partial charge < -0.3 is 10.2 Å². The van der Waals surface area contributed by atoms with E-state index in [1.165, 1.54) is 0 Å². The summed E-state index contributed by atoms with van der Waals surface area (Å²) in [6.45, 7) is 8.54. The van der Waals surface area contributed by atoms with Crippen LogP contribution in [-0.4, -0.2) is 45.6 Å². The predicted octanol–water partition coefficient (Wildman–Crippen LogP) is 3.10. The summed E-state index contributed by atoms with van der Waals surface area (Å²) in [4.78, 5) is 31.5. The van der Waals surface area contributed by atoms with Crippen molar-refractivity contribution in [1.82, 2.24) is 15.2 Å². The first kappa shape index (κ1) is 18.8. The Morgan fingerprint density at radius 3 is 2.67 bits per heavy atom. The topological polar surface area (TPSA) is 62.3 Å². The maximum atomic E-state index is 12.8. The van der Waals surface area contributed by atoms with Gasteiger partial charge in [-0.05, 0) is 57.9 Å². The minimum atomic E-state index is -0.393. The van der Waals surface area contributed by atoms with Crippen LogP contribution in [0.4, 0.5) is 0 Å². The number of piperidine rings is 1. The molecular weight excluding hydrogens is 322 g/mol. The highest BCUT2D eigenvalue weighted by Gasteiger charge is 2.34. The number of aromatic nitrogens is 1. The number of pyridine rings is 1. The van der Waals surface area contributed by atoms with Gasteiger partial charge in [0.05, 0.1) is 10.6 Å². The van der Waals surface area contributed by atoms with Gasteiger partial charge in [0.2, 0.25) is 5.91 Å². The lowest BCUT2D eigenvalue weighted by Gasteiger charge is -2.36. The van der Waals surface area contributed by atoms with Gasteiger partial charge in [-0.3, -0.25) is 9.59 Å². The van der Waals surface area contributed by atoms with Crippen molar-refractivity contribution in [3.63, 3.8) is 0 Å². The maximum Gasteiger partial charge on any atom is 0.256 e. The molecule has 2 rings (SSSR count). The molecule has 0 radical (unpaired) electrons. The Bertz CT molecular complexity index is 581. The molecule has 1 unspecified atom stereocenters. The third-order valence-electron chi connectivity index (χ3n) is 3.84. The number of hydrogen-bond donors (Lipinski definition) is 1. The largest absolute Gasteiger partial charge is 0.350 e. The molecule has 24 heavy (non-hydrogen) atoms. The van der Waals surface area contributed by atoms with Crippen molar-refractivity contribution in [2.24, 2.45) is 0 Å². The third kappa shape index (κ3) is 4.97. The summed E-state index contributed by atoms with van der Waals surface area (Å²) in [5, 5.41) is 3.91. The van der Waals surface area contributed by atoms with Crippen LogP contribution in [0.2, 0.25) is 0 Å². The molecule has 0 saturated carbocycles. The van der Waals surface area contributed by atoms with Crippen molar-refractivity contribution in [3.8, 4) is 0 Å². The van der Waals surface area contributed by atoms with Gasteiger partial charge in [0.1, 0.15) is 6.04 Å². The van der Waals surface area contributed by atoms with E-state index in [0.717, 1.165) is 23.6 Å². The number of thioether (sulfide) groups is 1. The van der Waals surface area contributed by atoms with E-state index in [-0.39, 0.29) is 17.4 Å². The molecule has 1 aliphatic rings. The van der Waals surface area contributed by atoms with Crippen LogP contribution in [0.3, 0.4) is 0 Å². The van der Waals surface area contributed by atoms with E-state index in [1.54, 1.807) is 28.9 Å². The van der Waals surface area contributed by atoms with E-state index in [4.69, 9.17) is 0 Å². The van der Waals surface area contributed by atoms with Gasteiger partial charge in [-0.2, -0.15) is 0 Å². The molecule has 0 aromatic carbocycles. The van der Waals surface area contributed by atoms with Crippen molar-refractivity contribution in [3.05, 3.63) is 23.9 Å². The van der Waals surface area contributed by atoms with Gasteiger partial charge in [0, 0.05) is 18.3 Å². The summed E-state index contributed by atoms with van der Waals surface area (Å²) < 4.78 is 0. The summed E-state index contributed by atoms with van der Waals surface area (Å²) in [5.74, 6) is 0.771. The Morgan fingerprint density at radius 1 is 1.33 bits per heavy atom. The van der Waals surface area contributed by atoms with Crippen molar-refractivity contribution in [2.75, 3.05) is 12.3 Å². The van der Waals surface area contributed by atoms with E-state index < -0.39 is 6.04 Å². The zero-order chi connectivity index (χ0) is 17.7. The fourth-order valence-corrected chi connectivity index (χ4v) is 3.39.